The van der Waals surface area contributed by atoms with Crippen molar-refractivity contribution in [2.24, 2.45) is 11.8 Å². The van der Waals surface area contributed by atoms with Crippen LogP contribution in [0.4, 0.5) is 0 Å². The van der Waals surface area contributed by atoms with Crippen molar-refractivity contribution in [3.63, 3.8) is 0 Å². The summed E-state index contributed by atoms with van der Waals surface area (Å²) in [6.07, 6.45) is -8.71. The van der Waals surface area contributed by atoms with Crippen LogP contribution in [0.3, 0.4) is 0 Å². The van der Waals surface area contributed by atoms with Gasteiger partial charge in [0.05, 0.1) is 62.2 Å². The van der Waals surface area contributed by atoms with Gasteiger partial charge in [-0.15, -0.1) is 0 Å². The maximum Gasteiger partial charge on any atom is 0.338 e. The van der Waals surface area contributed by atoms with E-state index in [0.29, 0.717) is 17.9 Å². The van der Waals surface area contributed by atoms with Crippen LogP contribution in [0, 0.1) is 11.8 Å². The van der Waals surface area contributed by atoms with Crippen LogP contribution in [0.2, 0.25) is 0 Å². The number of Topliss-reactive ketones (excluding diaryl/α,β-unsaturated/α-hetero) is 1. The van der Waals surface area contributed by atoms with Gasteiger partial charge in [0, 0.05) is 31.8 Å². The molecule has 484 valence electrons. The molecule has 9 rings (SSSR count). The molecule has 8 atom stereocenters. The van der Waals surface area contributed by atoms with E-state index in [0.717, 1.165) is 16.7 Å². The van der Waals surface area contributed by atoms with Crippen LogP contribution in [0.25, 0.3) is 0 Å². The average molecular weight is 1270 g/mol. The highest BCUT2D eigenvalue weighted by Crippen LogP contribution is 2.47. The maximum atomic E-state index is 14.5. The van der Waals surface area contributed by atoms with Gasteiger partial charge in [-0.3, -0.25) is 19.2 Å². The number of amides is 2. The Kier molecular flexibility index (Phi) is 24.1. The Morgan fingerprint density at radius 2 is 0.968 bits per heavy atom. The number of nitrogens with one attached hydrogen (secondary N) is 2. The molecule has 3 unspecified atom stereocenters. The van der Waals surface area contributed by atoms with Crippen LogP contribution in [0.1, 0.15) is 83.8 Å². The van der Waals surface area contributed by atoms with E-state index in [1.807, 2.05) is 78.9 Å². The molecular formula is C72H72N2O19. The number of carbonyl (C=O) groups excluding carboxylic acids is 8. The molecule has 7 aromatic rings. The quantitative estimate of drug-likeness (QED) is 0.0185. The minimum atomic E-state index is -1.76. The molecule has 2 aliphatic rings. The second-order valence-electron chi connectivity index (χ2n) is 21.8. The van der Waals surface area contributed by atoms with E-state index in [9.17, 15) is 38.4 Å². The largest absolute Gasteiger partial charge is 0.497 e. The van der Waals surface area contributed by atoms with Gasteiger partial charge in [-0.05, 0) is 102 Å². The van der Waals surface area contributed by atoms with Crippen molar-refractivity contribution in [2.75, 3.05) is 60.8 Å². The number of ether oxygens (including phenoxy) is 11. The zero-order valence-corrected chi connectivity index (χ0v) is 51.5. The molecule has 1 heterocycles. The zero-order valence-electron chi connectivity index (χ0n) is 51.5. The van der Waals surface area contributed by atoms with Crippen molar-refractivity contribution in [3.05, 3.63) is 239 Å². The third-order valence-electron chi connectivity index (χ3n) is 15.8. The van der Waals surface area contributed by atoms with Gasteiger partial charge in [-0.2, -0.15) is 0 Å². The summed E-state index contributed by atoms with van der Waals surface area (Å²) >= 11 is 0. The predicted molar refractivity (Wildman–Crippen MR) is 335 cm³/mol. The molecule has 2 fully saturated rings. The first-order chi connectivity index (χ1) is 45.3. The summed E-state index contributed by atoms with van der Waals surface area (Å²) in [6, 6.07) is 56.4. The molecular weight excluding hydrogens is 1200 g/mol. The molecule has 0 aromatic heterocycles. The van der Waals surface area contributed by atoms with Gasteiger partial charge in [-0.1, -0.05) is 127 Å². The SMILES string of the molecule is CNC(=O)CCC(=O)OC[C@@H]1C[C@@H](OC(c2ccccc2)(c2ccc(OC)cc2)c2ccc(OC)cc2)CC1C(=O)COCCNC(=O)CO[C@H]1OC(COC(=O)c2ccccc2)[C@@H](OC(=O)c2ccccc2)[C@@H](OC(=O)c2ccccc2)C1OC(=O)c1ccccc1. The Hall–Kier alpha value is -10.1. The molecule has 0 radical (unpaired) electrons. The van der Waals surface area contributed by atoms with Gasteiger partial charge in [0.25, 0.3) is 0 Å². The Morgan fingerprint density at radius 1 is 0.495 bits per heavy atom. The molecule has 21 nitrogen and oxygen atoms in total. The van der Waals surface area contributed by atoms with E-state index in [2.05, 4.69) is 10.6 Å². The number of hydrogen-bond donors (Lipinski definition) is 2. The lowest BCUT2D eigenvalue weighted by Crippen LogP contribution is -2.63. The number of methoxy groups -OCH3 is 2. The topological polar surface area (TPSA) is 262 Å². The van der Waals surface area contributed by atoms with E-state index >= 15 is 0 Å². The molecule has 2 N–H and O–H groups in total. The van der Waals surface area contributed by atoms with Crippen LogP contribution in [-0.2, 0) is 67.4 Å². The number of esters is 5. The molecule has 21 heteroatoms. The second-order valence-corrected chi connectivity index (χ2v) is 21.8. The van der Waals surface area contributed by atoms with E-state index in [-0.39, 0.29) is 73.0 Å². The van der Waals surface area contributed by atoms with Gasteiger partial charge in [0.15, 0.2) is 30.4 Å². The molecule has 1 saturated carbocycles. The maximum absolute atomic E-state index is 14.5. The lowest BCUT2D eigenvalue weighted by atomic mass is 9.79. The number of carbonyl (C=O) groups is 8. The fourth-order valence-electron chi connectivity index (χ4n) is 11.1. The smallest absolute Gasteiger partial charge is 0.338 e. The molecule has 93 heavy (non-hydrogen) atoms. The van der Waals surface area contributed by atoms with Crippen molar-refractivity contribution < 1.29 is 90.5 Å². The van der Waals surface area contributed by atoms with Crippen LogP contribution < -0.4 is 20.1 Å². The molecule has 0 bridgehead atoms. The monoisotopic (exact) mass is 1270 g/mol. The minimum absolute atomic E-state index is 0.0754. The third kappa shape index (κ3) is 17.9. The average Bonchev–Trinajstić information content (AvgIpc) is 1.61. The van der Waals surface area contributed by atoms with E-state index in [1.54, 1.807) is 87.0 Å². The Bertz CT molecular complexity index is 3550. The van der Waals surface area contributed by atoms with E-state index < -0.39 is 110 Å². The van der Waals surface area contributed by atoms with Gasteiger partial charge >= 0.3 is 29.8 Å². The zero-order chi connectivity index (χ0) is 65.5. The summed E-state index contributed by atoms with van der Waals surface area (Å²) in [5.74, 6) is -5.50. The summed E-state index contributed by atoms with van der Waals surface area (Å²) in [4.78, 5) is 109. The molecule has 1 aliphatic carbocycles. The van der Waals surface area contributed by atoms with Gasteiger partial charge in [0.1, 0.15) is 43.0 Å². The van der Waals surface area contributed by atoms with Crippen molar-refractivity contribution in [2.45, 2.75) is 68.1 Å². The van der Waals surface area contributed by atoms with E-state index in [4.69, 9.17) is 52.1 Å². The lowest BCUT2D eigenvalue weighted by Gasteiger charge is -2.44. The molecule has 7 aromatic carbocycles. The highest BCUT2D eigenvalue weighted by atomic mass is 16.7. The first-order valence-corrected chi connectivity index (χ1v) is 30.3. The summed E-state index contributed by atoms with van der Waals surface area (Å²) in [7, 11) is 4.64. The predicted octanol–water partition coefficient (Wildman–Crippen LogP) is 8.45. The molecule has 2 amide bonds. The van der Waals surface area contributed by atoms with Crippen LogP contribution in [0.15, 0.2) is 200 Å². The number of rotatable bonds is 30. The summed E-state index contributed by atoms with van der Waals surface area (Å²) in [5, 5.41) is 5.18. The highest BCUT2D eigenvalue weighted by molar-refractivity contribution is 5.92. The first-order valence-electron chi connectivity index (χ1n) is 30.3. The van der Waals surface area contributed by atoms with Crippen LogP contribution in [-0.4, -0.2) is 145 Å². The van der Waals surface area contributed by atoms with Gasteiger partial charge < -0.3 is 62.7 Å². The Labute approximate surface area is 537 Å². The fraction of sp³-hybridized carbons (Fsp3) is 0.306. The second kappa shape index (κ2) is 33.3. The molecule has 0 spiro atoms. The molecule has 1 aliphatic heterocycles. The lowest BCUT2D eigenvalue weighted by molar-refractivity contribution is -0.296. The van der Waals surface area contributed by atoms with Crippen LogP contribution in [0.5, 0.6) is 11.5 Å². The first kappa shape index (κ1) is 67.3. The summed E-state index contributed by atoms with van der Waals surface area (Å²) in [5.41, 5.74) is 1.54. The summed E-state index contributed by atoms with van der Waals surface area (Å²) in [6.45, 7) is -2.22. The van der Waals surface area contributed by atoms with Crippen molar-refractivity contribution in [1.82, 2.24) is 10.6 Å². The number of hydrogen-bond acceptors (Lipinski definition) is 19. The van der Waals surface area contributed by atoms with Crippen molar-refractivity contribution in [1.29, 1.82) is 0 Å². The Balaban J connectivity index is 0.911. The normalized spacial score (nSPS) is 19.2. The fourth-order valence-corrected chi connectivity index (χ4v) is 11.1. The van der Waals surface area contributed by atoms with Crippen LogP contribution >= 0.6 is 0 Å². The minimum Gasteiger partial charge on any atom is -0.497 e. The molecule has 1 saturated heterocycles. The van der Waals surface area contributed by atoms with E-state index in [1.165, 1.54) is 55.6 Å². The van der Waals surface area contributed by atoms with Gasteiger partial charge in [-0.25, -0.2) is 19.2 Å². The Morgan fingerprint density at radius 3 is 1.47 bits per heavy atom. The standard InChI is InChI=1S/C72H72N2O19/c1-73-61(76)37-38-63(78)86-43-51-41-57(93-72(52-27-17-8-18-28-52,53-29-33-55(83-2)34-30-53)54-31-35-56(84-3)36-32-54)42-58(51)59(75)44-85-40-39-74-62(77)46-88-71-66(92-70(82)50-25-15-7-16-26-50)65(91-69(81)49-23-13-6-14-24-49)64(90-68(80)48-21-11-5-12-22-48)60(89-71)45-87-67(79)47-19-9-4-10-20-47/h4-36,51,57-58,60,64-66,71H,37-46H2,1-3H3,(H,73,76)(H,74,77)/t51-,57+,58?,60?,64+,65+,66?,71-/m0/s1. The highest BCUT2D eigenvalue weighted by Gasteiger charge is 2.54. The third-order valence-corrected chi connectivity index (χ3v) is 15.8. The number of benzene rings is 7. The van der Waals surface area contributed by atoms with Crippen molar-refractivity contribution in [3.8, 4) is 11.5 Å². The van der Waals surface area contributed by atoms with Gasteiger partial charge in [0.2, 0.25) is 11.8 Å². The summed E-state index contributed by atoms with van der Waals surface area (Å²) < 4.78 is 66.6. The van der Waals surface area contributed by atoms with Crippen molar-refractivity contribution >= 4 is 47.4 Å². The number of ketones is 1.